The largest absolute Gasteiger partial charge is 0.395 e. The number of carbonyl (C=O) groups excluding carboxylic acids is 1. The normalized spacial score (nSPS) is 21.6. The molecule has 1 atom stereocenters. The number of fused-ring (bicyclic) bond motifs is 1. The summed E-state index contributed by atoms with van der Waals surface area (Å²) in [6.45, 7) is 6.48. The van der Waals surface area contributed by atoms with Crippen molar-refractivity contribution >= 4 is 44.4 Å². The van der Waals surface area contributed by atoms with E-state index in [0.717, 1.165) is 63.4 Å². The summed E-state index contributed by atoms with van der Waals surface area (Å²) in [5.41, 5.74) is 6.41. The van der Waals surface area contributed by atoms with Crippen LogP contribution in [0.3, 0.4) is 0 Å². The number of rotatable bonds is 8. The molecule has 0 radical (unpaired) electrons. The number of aliphatic hydroxyl groups is 1. The van der Waals surface area contributed by atoms with E-state index in [1.54, 1.807) is 18.2 Å². The molecule has 0 unspecified atom stereocenters. The molecule has 6 rings (SSSR count). The summed E-state index contributed by atoms with van der Waals surface area (Å²) in [5, 5.41) is 12.3. The minimum atomic E-state index is -3.67. The number of anilines is 5. The van der Waals surface area contributed by atoms with Crippen molar-refractivity contribution in [1.82, 2.24) is 0 Å². The molecule has 3 N–H and O–H groups in total. The highest BCUT2D eigenvalue weighted by Gasteiger charge is 2.44. The monoisotopic (exact) mass is 583 g/mol. The number of morpholine rings is 1. The molecule has 41 heavy (non-hydrogen) atoms. The third-order valence-electron chi connectivity index (χ3n) is 9.11. The highest BCUT2D eigenvalue weighted by molar-refractivity contribution is 7.92. The first-order chi connectivity index (χ1) is 19.7. The number of nitrogens with zero attached hydrogens (tertiary/aromatic N) is 3. The van der Waals surface area contributed by atoms with E-state index in [-0.39, 0.29) is 17.8 Å². The van der Waals surface area contributed by atoms with Crippen LogP contribution in [0.25, 0.3) is 0 Å². The van der Waals surface area contributed by atoms with Crippen LogP contribution in [-0.2, 0) is 21.2 Å². The fourth-order valence-electron chi connectivity index (χ4n) is 6.52. The van der Waals surface area contributed by atoms with Crippen molar-refractivity contribution in [2.24, 2.45) is 5.41 Å². The van der Waals surface area contributed by atoms with Crippen LogP contribution < -0.4 is 24.7 Å². The number of ether oxygens (including phenoxy) is 1. The molecule has 0 bridgehead atoms. The van der Waals surface area contributed by atoms with Crippen LogP contribution in [0.4, 0.5) is 28.4 Å². The maximum atomic E-state index is 13.8. The lowest BCUT2D eigenvalue weighted by Gasteiger charge is -2.35. The molecular formula is C30H41N5O5S. The first-order valence-corrected chi connectivity index (χ1v) is 16.4. The zero-order valence-corrected chi connectivity index (χ0v) is 24.8. The van der Waals surface area contributed by atoms with Crippen LogP contribution in [0.2, 0.25) is 0 Å². The maximum Gasteiger partial charge on any atom is 0.255 e. The molecule has 1 amide bonds. The summed E-state index contributed by atoms with van der Waals surface area (Å²) in [6, 6.07) is 9.25. The Morgan fingerprint density at radius 1 is 1.05 bits per heavy atom. The number of amides is 1. The molecule has 3 fully saturated rings. The van der Waals surface area contributed by atoms with Gasteiger partial charge in [0.25, 0.3) is 5.91 Å². The van der Waals surface area contributed by atoms with Crippen molar-refractivity contribution in [3.63, 3.8) is 0 Å². The first-order valence-electron chi connectivity index (χ1n) is 14.7. The highest BCUT2D eigenvalue weighted by atomic mass is 32.2. The van der Waals surface area contributed by atoms with Gasteiger partial charge in [0, 0.05) is 45.3 Å². The maximum absolute atomic E-state index is 13.8. The molecule has 2 aromatic carbocycles. The number of likely N-dealkylation sites (N-methyl/N-ethyl adjacent to an activating group) is 1. The van der Waals surface area contributed by atoms with E-state index in [2.05, 4.69) is 38.7 Å². The number of hydrogen-bond donors (Lipinski definition) is 3. The molecule has 1 aliphatic carbocycles. The van der Waals surface area contributed by atoms with E-state index >= 15 is 0 Å². The Morgan fingerprint density at radius 2 is 1.83 bits per heavy atom. The average Bonchev–Trinajstić information content (AvgIpc) is 3.59. The van der Waals surface area contributed by atoms with Gasteiger partial charge in [0.15, 0.2) is 0 Å². The van der Waals surface area contributed by atoms with Crippen LogP contribution in [0.5, 0.6) is 0 Å². The zero-order chi connectivity index (χ0) is 28.8. The minimum Gasteiger partial charge on any atom is -0.395 e. The number of sulfonamides is 1. The second kappa shape index (κ2) is 11.0. The molecule has 3 heterocycles. The lowest BCUT2D eigenvalue weighted by molar-refractivity contribution is 0.0532. The minimum absolute atomic E-state index is 0.124. The molecule has 1 spiro atoms. The van der Waals surface area contributed by atoms with Crippen molar-refractivity contribution in [2.45, 2.75) is 45.1 Å². The Balaban J connectivity index is 1.30. The van der Waals surface area contributed by atoms with E-state index in [4.69, 9.17) is 9.84 Å². The Kier molecular flexibility index (Phi) is 7.54. The molecule has 2 saturated heterocycles. The second-order valence-electron chi connectivity index (χ2n) is 12.1. The number of aliphatic hydroxyl groups excluding tert-OH is 1. The molecule has 3 aliphatic heterocycles. The van der Waals surface area contributed by atoms with E-state index in [0.29, 0.717) is 29.0 Å². The quantitative estimate of drug-likeness (QED) is 0.434. The van der Waals surface area contributed by atoms with Crippen LogP contribution in [0.15, 0.2) is 30.3 Å². The van der Waals surface area contributed by atoms with Gasteiger partial charge in [-0.05, 0) is 80.3 Å². The van der Waals surface area contributed by atoms with E-state index in [1.165, 1.54) is 24.1 Å². The van der Waals surface area contributed by atoms with Gasteiger partial charge >= 0.3 is 0 Å². The van der Waals surface area contributed by atoms with Gasteiger partial charge in [-0.3, -0.25) is 9.52 Å². The number of carbonyl (C=O) groups is 1. The van der Waals surface area contributed by atoms with Crippen molar-refractivity contribution in [3.8, 4) is 0 Å². The molecular weight excluding hydrogens is 542 g/mol. The molecule has 0 aromatic heterocycles. The first kappa shape index (κ1) is 28.1. The van der Waals surface area contributed by atoms with E-state index in [9.17, 15) is 13.2 Å². The van der Waals surface area contributed by atoms with Gasteiger partial charge in [-0.2, -0.15) is 0 Å². The van der Waals surface area contributed by atoms with Gasteiger partial charge in [0.05, 0.1) is 53.5 Å². The summed E-state index contributed by atoms with van der Waals surface area (Å²) in [7, 11) is -1.57. The van der Waals surface area contributed by atoms with Crippen molar-refractivity contribution in [3.05, 3.63) is 41.5 Å². The second-order valence-corrected chi connectivity index (χ2v) is 14.0. The van der Waals surface area contributed by atoms with Crippen LogP contribution >= 0.6 is 0 Å². The lowest BCUT2D eigenvalue weighted by atomic mass is 9.93. The topological polar surface area (TPSA) is 114 Å². The SMILES string of the molecule is C[C@H]1CN(c2cc(C(=O)Nc3ccc(NS(=O)(=O)CCO)cc3N3CCC4(CC3)CC4)cc3c2N(C)CC3)CCO1. The summed E-state index contributed by atoms with van der Waals surface area (Å²) >= 11 is 0. The number of nitrogens with one attached hydrogen (secondary N) is 2. The summed E-state index contributed by atoms with van der Waals surface area (Å²) in [5.74, 6) is -0.555. The molecule has 1 saturated carbocycles. The fourth-order valence-corrected chi connectivity index (χ4v) is 7.35. The van der Waals surface area contributed by atoms with Crippen molar-refractivity contribution < 1.29 is 23.1 Å². The summed E-state index contributed by atoms with van der Waals surface area (Å²) < 4.78 is 33.1. The Bertz CT molecular complexity index is 1420. The molecule has 11 heteroatoms. The average molecular weight is 584 g/mol. The Morgan fingerprint density at radius 3 is 2.54 bits per heavy atom. The van der Waals surface area contributed by atoms with Crippen LogP contribution in [0, 0.1) is 5.41 Å². The fraction of sp³-hybridized carbons (Fsp3) is 0.567. The number of benzene rings is 2. The number of piperidine rings is 1. The predicted octanol–water partition coefficient (Wildman–Crippen LogP) is 3.27. The Hall–Kier alpha value is -3.02. The van der Waals surface area contributed by atoms with Gasteiger partial charge in [0.2, 0.25) is 10.0 Å². The standard InChI is InChI=1S/C30H41N5O5S/c1-21-20-35(13-15-40-21)27-18-23(17-22-5-10-33(2)28(22)27)29(37)31-25-4-3-24(32-41(38,39)16-14-36)19-26(25)34-11-8-30(6-7-30)9-12-34/h3-4,17-19,21,32,36H,5-16,20H2,1-2H3,(H,31,37)/t21-/m0/s1. The molecule has 10 nitrogen and oxygen atoms in total. The smallest absolute Gasteiger partial charge is 0.255 e. The van der Waals surface area contributed by atoms with Gasteiger partial charge in [-0.25, -0.2) is 8.42 Å². The van der Waals surface area contributed by atoms with Crippen molar-refractivity contribution in [2.75, 3.05) is 83.5 Å². The van der Waals surface area contributed by atoms with Crippen LogP contribution in [0.1, 0.15) is 48.5 Å². The number of hydrogen-bond acceptors (Lipinski definition) is 8. The zero-order valence-electron chi connectivity index (χ0n) is 24.0. The highest BCUT2D eigenvalue weighted by Crippen LogP contribution is 2.54. The molecule has 222 valence electrons. The third kappa shape index (κ3) is 5.98. The predicted molar refractivity (Wildman–Crippen MR) is 163 cm³/mol. The molecule has 4 aliphatic rings. The van der Waals surface area contributed by atoms with Gasteiger partial charge in [-0.15, -0.1) is 0 Å². The lowest BCUT2D eigenvalue weighted by Crippen LogP contribution is -2.41. The van der Waals surface area contributed by atoms with Gasteiger partial charge in [-0.1, -0.05) is 0 Å². The van der Waals surface area contributed by atoms with Gasteiger partial charge < -0.3 is 29.9 Å². The van der Waals surface area contributed by atoms with Crippen LogP contribution in [-0.4, -0.2) is 84.3 Å². The van der Waals surface area contributed by atoms with E-state index in [1.807, 2.05) is 12.1 Å². The van der Waals surface area contributed by atoms with Crippen molar-refractivity contribution in [1.29, 1.82) is 0 Å². The summed E-state index contributed by atoms with van der Waals surface area (Å²) in [4.78, 5) is 20.7. The summed E-state index contributed by atoms with van der Waals surface area (Å²) in [6.07, 6.45) is 5.77. The third-order valence-corrected chi connectivity index (χ3v) is 10.4. The Labute approximate surface area is 242 Å². The van der Waals surface area contributed by atoms with Gasteiger partial charge in [0.1, 0.15) is 0 Å². The molecule has 2 aromatic rings. The van der Waals surface area contributed by atoms with E-state index < -0.39 is 16.6 Å².